The fourth-order valence-electron chi connectivity index (χ4n) is 2.94. The molecular weight excluding hydrogens is 333 g/mol. The predicted octanol–water partition coefficient (Wildman–Crippen LogP) is 2.42. The van der Waals surface area contributed by atoms with Crippen molar-refractivity contribution in [2.75, 3.05) is 40.3 Å². The van der Waals surface area contributed by atoms with E-state index in [0.29, 0.717) is 5.91 Å². The molecule has 1 atom stereocenters. The lowest BCUT2D eigenvalue weighted by Crippen LogP contribution is -2.44. The molecule has 1 N–H and O–H groups in total. The van der Waals surface area contributed by atoms with Gasteiger partial charge in [0.2, 0.25) is 5.91 Å². The Kier molecular flexibility index (Phi) is 11.3. The van der Waals surface area contributed by atoms with E-state index in [4.69, 9.17) is 0 Å². The number of halogens is 2. The van der Waals surface area contributed by atoms with Crippen molar-refractivity contribution in [2.24, 2.45) is 5.92 Å². The Labute approximate surface area is 152 Å². The summed E-state index contributed by atoms with van der Waals surface area (Å²) in [5.74, 6) is 0.451. The summed E-state index contributed by atoms with van der Waals surface area (Å²) in [4.78, 5) is 16.8. The monoisotopic (exact) mass is 361 g/mol. The third-order valence-corrected chi connectivity index (χ3v) is 4.18. The molecule has 0 spiro atoms. The molecular formula is C17H29Cl2N3O. The van der Waals surface area contributed by atoms with Crippen LogP contribution in [0.4, 0.5) is 0 Å². The van der Waals surface area contributed by atoms with E-state index in [-0.39, 0.29) is 30.7 Å². The fraction of sp³-hybridized carbons (Fsp3) is 0.588. The van der Waals surface area contributed by atoms with E-state index < -0.39 is 0 Å². The van der Waals surface area contributed by atoms with Gasteiger partial charge in [0.25, 0.3) is 0 Å². The quantitative estimate of drug-likeness (QED) is 0.844. The molecule has 0 aliphatic carbocycles. The van der Waals surface area contributed by atoms with Crippen LogP contribution in [0.5, 0.6) is 0 Å². The first-order valence-electron chi connectivity index (χ1n) is 7.86. The maximum atomic E-state index is 12.5. The maximum Gasteiger partial charge on any atom is 0.226 e. The number of hydrogen-bond donors (Lipinski definition) is 1. The van der Waals surface area contributed by atoms with Crippen molar-refractivity contribution in [3.8, 4) is 0 Å². The molecule has 23 heavy (non-hydrogen) atoms. The second-order valence-corrected chi connectivity index (χ2v) is 5.92. The summed E-state index contributed by atoms with van der Waals surface area (Å²) in [6, 6.07) is 10.5. The molecule has 0 bridgehead atoms. The number of nitrogens with zero attached hydrogens (tertiary/aromatic N) is 2. The van der Waals surface area contributed by atoms with E-state index in [1.807, 2.05) is 25.1 Å². The van der Waals surface area contributed by atoms with E-state index in [0.717, 1.165) is 45.6 Å². The number of likely N-dealkylation sites (tertiary alicyclic amines) is 1. The number of carbonyl (C=O) groups is 1. The highest BCUT2D eigenvalue weighted by atomic mass is 35.5. The normalized spacial score (nSPS) is 17.7. The molecule has 6 heteroatoms. The summed E-state index contributed by atoms with van der Waals surface area (Å²) in [5.41, 5.74) is 1.33. The second-order valence-electron chi connectivity index (χ2n) is 5.92. The van der Waals surface area contributed by atoms with E-state index in [9.17, 15) is 4.79 Å². The third kappa shape index (κ3) is 7.08. The van der Waals surface area contributed by atoms with Gasteiger partial charge in [-0.2, -0.15) is 0 Å². The average molecular weight is 362 g/mol. The van der Waals surface area contributed by atoms with Gasteiger partial charge in [-0.1, -0.05) is 30.3 Å². The van der Waals surface area contributed by atoms with Crippen molar-refractivity contribution in [1.82, 2.24) is 15.1 Å². The largest absolute Gasteiger partial charge is 0.344 e. The van der Waals surface area contributed by atoms with Gasteiger partial charge in [0, 0.05) is 33.2 Å². The Balaban J connectivity index is 0.00000242. The lowest BCUT2D eigenvalue weighted by Gasteiger charge is -2.34. The Morgan fingerprint density at radius 2 is 2.00 bits per heavy atom. The van der Waals surface area contributed by atoms with Crippen LogP contribution in [0.2, 0.25) is 0 Å². The zero-order chi connectivity index (χ0) is 15.1. The third-order valence-electron chi connectivity index (χ3n) is 4.18. The van der Waals surface area contributed by atoms with Gasteiger partial charge < -0.3 is 10.2 Å². The molecule has 1 aliphatic heterocycles. The summed E-state index contributed by atoms with van der Waals surface area (Å²) < 4.78 is 0. The molecule has 1 saturated heterocycles. The second kappa shape index (κ2) is 11.7. The summed E-state index contributed by atoms with van der Waals surface area (Å²) in [6.07, 6.45) is 2.14. The highest BCUT2D eigenvalue weighted by Gasteiger charge is 2.27. The topological polar surface area (TPSA) is 35.6 Å². The van der Waals surface area contributed by atoms with Gasteiger partial charge in [0.15, 0.2) is 0 Å². The highest BCUT2D eigenvalue weighted by molar-refractivity contribution is 5.85. The number of nitrogens with one attached hydrogen (secondary N) is 1. The first-order valence-corrected chi connectivity index (χ1v) is 7.86. The van der Waals surface area contributed by atoms with E-state index in [1.165, 1.54) is 5.56 Å². The Bertz CT molecular complexity index is 445. The number of benzene rings is 1. The van der Waals surface area contributed by atoms with Crippen LogP contribution < -0.4 is 5.32 Å². The van der Waals surface area contributed by atoms with Crippen molar-refractivity contribution in [1.29, 1.82) is 0 Å². The molecule has 4 nitrogen and oxygen atoms in total. The van der Waals surface area contributed by atoms with Gasteiger partial charge in [-0.25, -0.2) is 0 Å². The van der Waals surface area contributed by atoms with Gasteiger partial charge in [0.1, 0.15) is 0 Å². The zero-order valence-corrected chi connectivity index (χ0v) is 15.7. The number of rotatable bonds is 6. The Hall–Kier alpha value is -0.810. The van der Waals surface area contributed by atoms with E-state index in [2.05, 4.69) is 34.5 Å². The maximum absolute atomic E-state index is 12.5. The van der Waals surface area contributed by atoms with Crippen LogP contribution in [-0.2, 0) is 11.3 Å². The minimum absolute atomic E-state index is 0. The Morgan fingerprint density at radius 1 is 1.30 bits per heavy atom. The van der Waals surface area contributed by atoms with Gasteiger partial charge in [-0.05, 0) is 32.0 Å². The number of carbonyl (C=O) groups excluding carboxylic acids is 1. The van der Waals surface area contributed by atoms with Crippen molar-refractivity contribution in [3.63, 3.8) is 0 Å². The minimum Gasteiger partial charge on any atom is -0.344 e. The van der Waals surface area contributed by atoms with Crippen molar-refractivity contribution >= 4 is 30.7 Å². The standard InChI is InChI=1S/C17H27N3O.2ClH/c1-18-10-12-19(2)17(21)16-9-6-11-20(14-16)13-15-7-4-3-5-8-15;;/h3-5,7-8,16,18H,6,9-14H2,1-2H3;2*1H. The molecule has 2 rings (SSSR count). The molecule has 0 saturated carbocycles. The zero-order valence-electron chi connectivity index (χ0n) is 14.0. The first kappa shape index (κ1) is 22.2. The number of likely N-dealkylation sites (N-methyl/N-ethyl adjacent to an activating group) is 2. The molecule has 0 aromatic heterocycles. The Morgan fingerprint density at radius 3 is 2.65 bits per heavy atom. The smallest absolute Gasteiger partial charge is 0.226 e. The molecule has 1 unspecified atom stereocenters. The van der Waals surface area contributed by atoms with Crippen LogP contribution in [0.15, 0.2) is 30.3 Å². The lowest BCUT2D eigenvalue weighted by molar-refractivity contribution is -0.136. The molecule has 1 aromatic carbocycles. The predicted molar refractivity (Wildman–Crippen MR) is 101 cm³/mol. The number of piperidine rings is 1. The number of hydrogen-bond acceptors (Lipinski definition) is 3. The molecule has 1 heterocycles. The molecule has 0 radical (unpaired) electrons. The molecule has 1 aliphatic rings. The summed E-state index contributed by atoms with van der Waals surface area (Å²) >= 11 is 0. The number of amides is 1. The summed E-state index contributed by atoms with van der Waals surface area (Å²) in [7, 11) is 3.83. The van der Waals surface area contributed by atoms with Gasteiger partial charge in [-0.15, -0.1) is 24.8 Å². The lowest BCUT2D eigenvalue weighted by atomic mass is 9.96. The molecule has 1 fully saturated rings. The molecule has 132 valence electrons. The minimum atomic E-state index is 0. The van der Waals surface area contributed by atoms with Crippen LogP contribution in [0, 0.1) is 5.92 Å². The van der Waals surface area contributed by atoms with Gasteiger partial charge in [0.05, 0.1) is 5.92 Å². The highest BCUT2D eigenvalue weighted by Crippen LogP contribution is 2.20. The average Bonchev–Trinajstić information content (AvgIpc) is 2.53. The fourth-order valence-corrected chi connectivity index (χ4v) is 2.94. The molecule has 1 amide bonds. The van der Waals surface area contributed by atoms with Crippen LogP contribution in [0.3, 0.4) is 0 Å². The van der Waals surface area contributed by atoms with E-state index >= 15 is 0 Å². The van der Waals surface area contributed by atoms with Crippen LogP contribution in [0.25, 0.3) is 0 Å². The van der Waals surface area contributed by atoms with Crippen LogP contribution in [-0.4, -0.2) is 56.0 Å². The van der Waals surface area contributed by atoms with E-state index in [1.54, 1.807) is 0 Å². The van der Waals surface area contributed by atoms with Crippen molar-refractivity contribution in [2.45, 2.75) is 19.4 Å². The first-order chi connectivity index (χ1) is 10.2. The summed E-state index contributed by atoms with van der Waals surface area (Å²) in [5, 5.41) is 3.09. The molecule has 1 aromatic rings. The van der Waals surface area contributed by atoms with Crippen LogP contribution in [0.1, 0.15) is 18.4 Å². The summed E-state index contributed by atoms with van der Waals surface area (Å²) in [6.45, 7) is 4.56. The van der Waals surface area contributed by atoms with Crippen molar-refractivity contribution < 1.29 is 4.79 Å². The van der Waals surface area contributed by atoms with Gasteiger partial charge >= 0.3 is 0 Å². The van der Waals surface area contributed by atoms with Crippen LogP contribution >= 0.6 is 24.8 Å². The van der Waals surface area contributed by atoms with Crippen molar-refractivity contribution in [3.05, 3.63) is 35.9 Å². The SMILES string of the molecule is CNCCN(C)C(=O)C1CCCN(Cc2ccccc2)C1.Cl.Cl. The van der Waals surface area contributed by atoms with Gasteiger partial charge in [-0.3, -0.25) is 9.69 Å².